The minimum absolute atomic E-state index is 0.0431. The molecule has 0 aliphatic heterocycles. The molecule has 0 N–H and O–H groups in total. The number of aromatic nitrogens is 2. The van der Waals surface area contributed by atoms with E-state index >= 15 is 0 Å². The lowest BCUT2D eigenvalue weighted by molar-refractivity contribution is 0.182. The van der Waals surface area contributed by atoms with Gasteiger partial charge in [0.2, 0.25) is 15.0 Å². The molecule has 2 rings (SSSR count). The van der Waals surface area contributed by atoms with Gasteiger partial charge in [-0.15, -0.1) is 11.3 Å². The Morgan fingerprint density at radius 2 is 2.17 bits per heavy atom. The number of hydrogen-bond donors (Lipinski definition) is 0. The summed E-state index contributed by atoms with van der Waals surface area (Å²) in [5, 5.41) is 2.19. The van der Waals surface area contributed by atoms with Gasteiger partial charge in [-0.05, 0) is 18.5 Å². The maximum atomic E-state index is 12.2. The molecule has 0 saturated heterocycles. The van der Waals surface area contributed by atoms with Crippen LogP contribution in [0.4, 0.5) is 0 Å². The summed E-state index contributed by atoms with van der Waals surface area (Å²) >= 11 is 1.71. The molecule has 6 nitrogen and oxygen atoms in total. The standard InChI is InChI=1S/C15H23N3O3S2/c1-4-23(19,20)15-16-10-13(18(15)7-8-21-3)11-17(2)12-14-6-5-9-22-14/h5-6,9-10H,4,7-8,11-12H2,1-3H3. The average molecular weight is 358 g/mol. The van der Waals surface area contributed by atoms with E-state index < -0.39 is 9.84 Å². The first-order valence-corrected chi connectivity index (χ1v) is 9.98. The van der Waals surface area contributed by atoms with Gasteiger partial charge in [-0.25, -0.2) is 13.4 Å². The van der Waals surface area contributed by atoms with Crippen molar-refractivity contribution in [3.05, 3.63) is 34.3 Å². The Balaban J connectivity index is 2.20. The zero-order valence-corrected chi connectivity index (χ0v) is 15.4. The molecule has 128 valence electrons. The normalized spacial score (nSPS) is 12.2. The van der Waals surface area contributed by atoms with Crippen LogP contribution in [0.15, 0.2) is 28.9 Å². The van der Waals surface area contributed by atoms with Crippen molar-refractivity contribution in [2.24, 2.45) is 0 Å². The second-order valence-electron chi connectivity index (χ2n) is 5.33. The Hall–Kier alpha value is -1.22. The molecule has 0 saturated carbocycles. The fraction of sp³-hybridized carbons (Fsp3) is 0.533. The topological polar surface area (TPSA) is 64.4 Å². The second-order valence-corrected chi connectivity index (χ2v) is 8.54. The van der Waals surface area contributed by atoms with Gasteiger partial charge in [0.05, 0.1) is 24.3 Å². The lowest BCUT2D eigenvalue weighted by atomic mass is 10.3. The molecule has 2 aromatic rings. The van der Waals surface area contributed by atoms with E-state index in [4.69, 9.17) is 4.74 Å². The molecule has 0 spiro atoms. The van der Waals surface area contributed by atoms with Crippen molar-refractivity contribution in [1.82, 2.24) is 14.5 Å². The summed E-state index contributed by atoms with van der Waals surface area (Å²) in [5.74, 6) is 0.0431. The third kappa shape index (κ3) is 4.63. The van der Waals surface area contributed by atoms with Crippen LogP contribution in [-0.4, -0.2) is 49.4 Å². The molecule has 0 aromatic carbocycles. The van der Waals surface area contributed by atoms with Gasteiger partial charge in [-0.3, -0.25) is 4.90 Å². The lowest BCUT2D eigenvalue weighted by Gasteiger charge is -2.18. The van der Waals surface area contributed by atoms with Crippen LogP contribution in [0, 0.1) is 0 Å². The van der Waals surface area contributed by atoms with Gasteiger partial charge in [0.25, 0.3) is 0 Å². The predicted octanol–water partition coefficient (Wildman–Crippen LogP) is 2.02. The van der Waals surface area contributed by atoms with Crippen molar-refractivity contribution in [3.63, 3.8) is 0 Å². The van der Waals surface area contributed by atoms with Crippen LogP contribution in [0.2, 0.25) is 0 Å². The van der Waals surface area contributed by atoms with Crippen LogP contribution in [0.3, 0.4) is 0 Å². The number of hydrogen-bond acceptors (Lipinski definition) is 6. The van der Waals surface area contributed by atoms with E-state index in [2.05, 4.69) is 21.3 Å². The Labute approximate surface area is 141 Å². The highest BCUT2D eigenvalue weighted by Crippen LogP contribution is 2.17. The Bertz CT molecular complexity index is 708. The number of imidazole rings is 1. The second kappa shape index (κ2) is 8.05. The maximum absolute atomic E-state index is 12.2. The van der Waals surface area contributed by atoms with Gasteiger partial charge in [0.15, 0.2) is 0 Å². The number of ether oxygens (including phenoxy) is 1. The van der Waals surface area contributed by atoms with E-state index in [1.807, 2.05) is 13.1 Å². The average Bonchev–Trinajstić information content (AvgIpc) is 3.15. The van der Waals surface area contributed by atoms with E-state index in [1.165, 1.54) is 4.88 Å². The monoisotopic (exact) mass is 357 g/mol. The Morgan fingerprint density at radius 3 is 2.78 bits per heavy atom. The first-order valence-electron chi connectivity index (χ1n) is 7.45. The molecule has 2 aromatic heterocycles. The number of rotatable bonds is 9. The zero-order valence-electron chi connectivity index (χ0n) is 13.7. The Kier molecular flexibility index (Phi) is 6.34. The van der Waals surface area contributed by atoms with Crippen molar-refractivity contribution in [1.29, 1.82) is 0 Å². The number of nitrogens with zero attached hydrogens (tertiary/aromatic N) is 3. The summed E-state index contributed by atoms with van der Waals surface area (Å²) < 4.78 is 31.3. The molecule has 0 aliphatic carbocycles. The highest BCUT2D eigenvalue weighted by Gasteiger charge is 2.22. The largest absolute Gasteiger partial charge is 0.383 e. The van der Waals surface area contributed by atoms with E-state index in [9.17, 15) is 8.42 Å². The quantitative estimate of drug-likeness (QED) is 0.687. The molecule has 0 amide bonds. The maximum Gasteiger partial charge on any atom is 0.227 e. The van der Waals surface area contributed by atoms with Crippen molar-refractivity contribution in [3.8, 4) is 0 Å². The summed E-state index contributed by atoms with van der Waals surface area (Å²) in [5.41, 5.74) is 0.883. The van der Waals surface area contributed by atoms with Crippen molar-refractivity contribution in [2.45, 2.75) is 31.7 Å². The molecule has 0 bridgehead atoms. The zero-order chi connectivity index (χ0) is 16.9. The van der Waals surface area contributed by atoms with Gasteiger partial charge in [0, 0.05) is 31.6 Å². The third-order valence-corrected chi connectivity index (χ3v) is 6.02. The minimum atomic E-state index is -3.34. The Morgan fingerprint density at radius 1 is 1.39 bits per heavy atom. The summed E-state index contributed by atoms with van der Waals surface area (Å²) in [6.07, 6.45) is 1.66. The van der Waals surface area contributed by atoms with Crippen molar-refractivity contribution < 1.29 is 13.2 Å². The number of methoxy groups -OCH3 is 1. The van der Waals surface area contributed by atoms with E-state index in [0.29, 0.717) is 19.7 Å². The van der Waals surface area contributed by atoms with Gasteiger partial charge in [-0.2, -0.15) is 0 Å². The number of sulfone groups is 1. The molecule has 0 fully saturated rings. The SMILES string of the molecule is CCS(=O)(=O)c1ncc(CN(C)Cc2cccs2)n1CCOC. The molecule has 0 radical (unpaired) electrons. The molecule has 0 unspecified atom stereocenters. The van der Waals surface area contributed by atoms with Crippen LogP contribution in [0.1, 0.15) is 17.5 Å². The van der Waals surface area contributed by atoms with Crippen LogP contribution in [-0.2, 0) is 34.2 Å². The molecule has 23 heavy (non-hydrogen) atoms. The fourth-order valence-electron chi connectivity index (χ4n) is 2.32. The minimum Gasteiger partial charge on any atom is -0.383 e. The third-order valence-electron chi connectivity index (χ3n) is 3.52. The molecular weight excluding hydrogens is 334 g/mol. The molecular formula is C15H23N3O3S2. The van der Waals surface area contributed by atoms with E-state index in [-0.39, 0.29) is 10.9 Å². The first-order chi connectivity index (χ1) is 11.0. The summed E-state index contributed by atoms with van der Waals surface area (Å²) in [6, 6.07) is 4.12. The van der Waals surface area contributed by atoms with Gasteiger partial charge in [0.1, 0.15) is 0 Å². The van der Waals surface area contributed by atoms with Crippen molar-refractivity contribution >= 4 is 21.2 Å². The van der Waals surface area contributed by atoms with Gasteiger partial charge >= 0.3 is 0 Å². The smallest absolute Gasteiger partial charge is 0.227 e. The van der Waals surface area contributed by atoms with E-state index in [0.717, 1.165) is 12.2 Å². The molecule has 0 atom stereocenters. The van der Waals surface area contributed by atoms with Crippen molar-refractivity contribution in [2.75, 3.05) is 26.5 Å². The highest BCUT2D eigenvalue weighted by molar-refractivity contribution is 7.91. The van der Waals surface area contributed by atoms with E-state index in [1.54, 1.807) is 36.1 Å². The summed E-state index contributed by atoms with van der Waals surface area (Å²) in [6.45, 7) is 4.02. The van der Waals surface area contributed by atoms with Crippen LogP contribution in [0.25, 0.3) is 0 Å². The van der Waals surface area contributed by atoms with Gasteiger partial charge < -0.3 is 9.30 Å². The molecule has 2 heterocycles. The van der Waals surface area contributed by atoms with Gasteiger partial charge in [-0.1, -0.05) is 13.0 Å². The molecule has 8 heteroatoms. The summed E-state index contributed by atoms with van der Waals surface area (Å²) in [4.78, 5) is 7.58. The number of thiophene rings is 1. The highest BCUT2D eigenvalue weighted by atomic mass is 32.2. The van der Waals surface area contributed by atoms with Crippen LogP contribution in [0.5, 0.6) is 0 Å². The summed E-state index contributed by atoms with van der Waals surface area (Å²) in [7, 11) is 0.276. The fourth-order valence-corrected chi connectivity index (χ4v) is 4.12. The lowest BCUT2D eigenvalue weighted by Crippen LogP contribution is -2.22. The molecule has 0 aliphatic rings. The van der Waals surface area contributed by atoms with Crippen LogP contribution >= 0.6 is 11.3 Å². The van der Waals surface area contributed by atoms with Crippen LogP contribution < -0.4 is 0 Å². The predicted molar refractivity (Wildman–Crippen MR) is 91.3 cm³/mol. The first kappa shape index (κ1) is 18.1.